The Morgan fingerprint density at radius 1 is 1.04 bits per heavy atom. The molecular formula is C21H31NO4S. The maximum atomic E-state index is 12.4. The van der Waals surface area contributed by atoms with Gasteiger partial charge in [-0.25, -0.2) is 14.6 Å². The Hall–Kier alpha value is -1.69. The van der Waals surface area contributed by atoms with Crippen LogP contribution in [0.25, 0.3) is 10.2 Å². The molecule has 0 N–H and O–H groups in total. The molecule has 2 heterocycles. The first-order valence-electron chi connectivity index (χ1n) is 10.2. The lowest BCUT2D eigenvalue weighted by Crippen LogP contribution is -2.07. The molecule has 2 rings (SSSR count). The lowest BCUT2D eigenvalue weighted by Gasteiger charge is -2.03. The highest BCUT2D eigenvalue weighted by molar-refractivity contribution is 7.20. The molecule has 0 bridgehead atoms. The van der Waals surface area contributed by atoms with E-state index in [9.17, 15) is 9.59 Å². The van der Waals surface area contributed by atoms with Crippen LogP contribution in [0.5, 0.6) is 0 Å². The van der Waals surface area contributed by atoms with E-state index in [1.165, 1.54) is 30.6 Å². The van der Waals surface area contributed by atoms with Crippen molar-refractivity contribution in [2.24, 2.45) is 0 Å². The zero-order chi connectivity index (χ0) is 19.6. The van der Waals surface area contributed by atoms with E-state index in [1.54, 1.807) is 6.92 Å². The number of carbonyl (C=O) groups excluding carboxylic acids is 1. The summed E-state index contributed by atoms with van der Waals surface area (Å²) in [6.07, 6.45) is 10.5. The van der Waals surface area contributed by atoms with E-state index >= 15 is 0 Å². The summed E-state index contributed by atoms with van der Waals surface area (Å²) in [5, 5.41) is 0.410. The molecule has 150 valence electrons. The normalized spacial score (nSPS) is 11.2. The number of nitrogens with zero attached hydrogens (tertiary/aromatic N) is 1. The van der Waals surface area contributed by atoms with Crippen LogP contribution in [-0.4, -0.2) is 17.6 Å². The number of hydrogen-bond donors (Lipinski definition) is 0. The third-order valence-electron chi connectivity index (χ3n) is 4.68. The molecule has 0 aliphatic heterocycles. The third kappa shape index (κ3) is 6.16. The van der Waals surface area contributed by atoms with E-state index in [4.69, 9.17) is 9.15 Å². The first kappa shape index (κ1) is 21.6. The smallest absolute Gasteiger partial charge is 0.348 e. The van der Waals surface area contributed by atoms with Gasteiger partial charge in [-0.1, -0.05) is 58.8 Å². The predicted molar refractivity (Wildman–Crippen MR) is 110 cm³/mol. The van der Waals surface area contributed by atoms with E-state index in [0.717, 1.165) is 38.5 Å². The number of thiophene rings is 1. The summed E-state index contributed by atoms with van der Waals surface area (Å²) in [4.78, 5) is 30.3. The van der Waals surface area contributed by atoms with Gasteiger partial charge < -0.3 is 9.15 Å². The van der Waals surface area contributed by atoms with Gasteiger partial charge in [-0.15, -0.1) is 11.3 Å². The van der Waals surface area contributed by atoms with Crippen LogP contribution in [0.3, 0.4) is 0 Å². The van der Waals surface area contributed by atoms with E-state index in [0.29, 0.717) is 39.6 Å². The minimum absolute atomic E-state index is 0.368. The number of aryl methyl sites for hydroxylation is 2. The van der Waals surface area contributed by atoms with Crippen LogP contribution in [0.15, 0.2) is 9.21 Å². The van der Waals surface area contributed by atoms with E-state index in [2.05, 4.69) is 18.8 Å². The molecule has 0 unspecified atom stereocenters. The minimum Gasteiger partial charge on any atom is -0.462 e. The van der Waals surface area contributed by atoms with Crippen LogP contribution in [-0.2, 0) is 11.2 Å². The lowest BCUT2D eigenvalue weighted by molar-refractivity contribution is 0.0503. The van der Waals surface area contributed by atoms with Gasteiger partial charge in [0.2, 0.25) is 0 Å². The molecule has 0 aliphatic carbocycles. The molecule has 0 aromatic carbocycles. The van der Waals surface area contributed by atoms with Gasteiger partial charge in [0.25, 0.3) is 0 Å². The molecule has 0 atom stereocenters. The fraction of sp³-hybridized carbons (Fsp3) is 0.667. The summed E-state index contributed by atoms with van der Waals surface area (Å²) in [6, 6.07) is 0. The Kier molecular flexibility index (Phi) is 8.98. The zero-order valence-corrected chi connectivity index (χ0v) is 17.6. The molecule has 0 fully saturated rings. The number of carbonyl (C=O) groups is 1. The number of esters is 1. The number of ether oxygens (including phenoxy) is 1. The van der Waals surface area contributed by atoms with Crippen LogP contribution in [0.4, 0.5) is 0 Å². The van der Waals surface area contributed by atoms with Gasteiger partial charge in [0.05, 0.1) is 6.61 Å². The minimum atomic E-state index is -0.403. The SMILES string of the molecule is CCCCCCCc1nc2sc(C(=O)OCCCCCC)c(C)c2c(=O)o1. The Morgan fingerprint density at radius 3 is 2.41 bits per heavy atom. The quantitative estimate of drug-likeness (QED) is 0.336. The van der Waals surface area contributed by atoms with Gasteiger partial charge in [0, 0.05) is 6.42 Å². The predicted octanol–water partition coefficient (Wildman–Crippen LogP) is 5.81. The van der Waals surface area contributed by atoms with E-state index in [-0.39, 0.29) is 5.97 Å². The van der Waals surface area contributed by atoms with Gasteiger partial charge in [-0.05, 0) is 25.3 Å². The molecular weight excluding hydrogens is 362 g/mol. The van der Waals surface area contributed by atoms with Gasteiger partial charge in [-0.3, -0.25) is 0 Å². The van der Waals surface area contributed by atoms with Gasteiger partial charge >= 0.3 is 11.6 Å². The second-order valence-electron chi connectivity index (χ2n) is 6.99. The van der Waals surface area contributed by atoms with Gasteiger partial charge in [-0.2, -0.15) is 0 Å². The topological polar surface area (TPSA) is 69.4 Å². The molecule has 0 aliphatic rings. The molecule has 0 saturated carbocycles. The average Bonchev–Trinajstić information content (AvgIpc) is 2.98. The average molecular weight is 394 g/mol. The Labute approximate surface area is 165 Å². The molecule has 2 aromatic rings. The summed E-state index contributed by atoms with van der Waals surface area (Å²) < 4.78 is 10.8. The summed E-state index contributed by atoms with van der Waals surface area (Å²) in [5.41, 5.74) is 0.212. The van der Waals surface area contributed by atoms with E-state index in [1.807, 2.05) is 0 Å². The van der Waals surface area contributed by atoms with Crippen molar-refractivity contribution in [3.05, 3.63) is 26.8 Å². The molecule has 5 nitrogen and oxygen atoms in total. The van der Waals surface area contributed by atoms with Crippen LogP contribution >= 0.6 is 11.3 Å². The summed E-state index contributed by atoms with van der Waals surface area (Å²) >= 11 is 1.23. The highest BCUT2D eigenvalue weighted by Crippen LogP contribution is 2.28. The van der Waals surface area contributed by atoms with Crippen molar-refractivity contribution in [1.82, 2.24) is 4.98 Å². The second-order valence-corrected chi connectivity index (χ2v) is 7.99. The maximum absolute atomic E-state index is 12.4. The van der Waals surface area contributed by atoms with Crippen LogP contribution in [0.2, 0.25) is 0 Å². The highest BCUT2D eigenvalue weighted by Gasteiger charge is 2.21. The largest absolute Gasteiger partial charge is 0.462 e. The van der Waals surface area contributed by atoms with Crippen molar-refractivity contribution >= 4 is 27.5 Å². The molecule has 2 aromatic heterocycles. The second kappa shape index (κ2) is 11.2. The van der Waals surface area contributed by atoms with Crippen molar-refractivity contribution in [2.75, 3.05) is 6.61 Å². The summed E-state index contributed by atoms with van der Waals surface area (Å²) in [5.74, 6) is 0.0947. The van der Waals surface area contributed by atoms with Gasteiger partial charge in [0.15, 0.2) is 5.89 Å². The standard InChI is InChI=1S/C21H31NO4S/c1-4-6-8-10-11-13-16-22-19-17(20(23)26-16)15(3)18(27-19)21(24)25-14-12-9-7-5-2/h4-14H2,1-3H3. The number of aromatic nitrogens is 1. The first-order chi connectivity index (χ1) is 13.1. The van der Waals surface area contributed by atoms with Crippen LogP contribution in [0.1, 0.15) is 92.8 Å². The molecule has 6 heteroatoms. The lowest BCUT2D eigenvalue weighted by atomic mass is 10.1. The Bertz CT molecular complexity index is 793. The van der Waals surface area contributed by atoms with Crippen molar-refractivity contribution in [1.29, 1.82) is 0 Å². The van der Waals surface area contributed by atoms with Crippen molar-refractivity contribution in [3.63, 3.8) is 0 Å². The molecule has 0 saturated heterocycles. The number of fused-ring (bicyclic) bond motifs is 1. The third-order valence-corrected chi connectivity index (χ3v) is 5.85. The molecule has 0 radical (unpaired) electrons. The number of rotatable bonds is 12. The molecule has 0 spiro atoms. The summed E-state index contributed by atoms with van der Waals surface area (Å²) in [6.45, 7) is 6.50. The summed E-state index contributed by atoms with van der Waals surface area (Å²) in [7, 11) is 0. The fourth-order valence-electron chi connectivity index (χ4n) is 3.05. The Balaban J connectivity index is 2.04. The maximum Gasteiger partial charge on any atom is 0.348 e. The fourth-order valence-corrected chi connectivity index (χ4v) is 4.13. The molecule has 27 heavy (non-hydrogen) atoms. The van der Waals surface area contributed by atoms with Crippen molar-refractivity contribution in [2.45, 2.75) is 85.0 Å². The highest BCUT2D eigenvalue weighted by atomic mass is 32.1. The van der Waals surface area contributed by atoms with Crippen LogP contribution in [0, 0.1) is 6.92 Å². The van der Waals surface area contributed by atoms with Crippen molar-refractivity contribution in [3.8, 4) is 0 Å². The molecule has 0 amide bonds. The Morgan fingerprint density at radius 2 is 1.70 bits per heavy atom. The number of unbranched alkanes of at least 4 members (excludes halogenated alkanes) is 7. The van der Waals surface area contributed by atoms with Crippen molar-refractivity contribution < 1.29 is 13.9 Å². The van der Waals surface area contributed by atoms with E-state index < -0.39 is 5.63 Å². The zero-order valence-electron chi connectivity index (χ0n) is 16.8. The first-order valence-corrected chi connectivity index (χ1v) is 11.0. The van der Waals surface area contributed by atoms with Gasteiger partial charge in [0.1, 0.15) is 15.1 Å². The van der Waals surface area contributed by atoms with Crippen LogP contribution < -0.4 is 5.63 Å². The number of hydrogen-bond acceptors (Lipinski definition) is 6. The monoisotopic (exact) mass is 393 g/mol.